The normalized spacial score (nSPS) is 16.8. The van der Waals surface area contributed by atoms with Gasteiger partial charge in [-0.25, -0.2) is 0 Å². The van der Waals surface area contributed by atoms with Crippen LogP contribution in [0.2, 0.25) is 0 Å². The average molecular weight is 236 g/mol. The summed E-state index contributed by atoms with van der Waals surface area (Å²) in [6.45, 7) is 6.08. The molecule has 2 nitrogen and oxygen atoms in total. The summed E-state index contributed by atoms with van der Waals surface area (Å²) in [5.74, 6) is 0.369. The summed E-state index contributed by atoms with van der Waals surface area (Å²) < 4.78 is 0. The molecule has 0 fully saturated rings. The molecule has 0 spiro atoms. The maximum Gasteiger partial charge on any atom is 0.0630 e. The minimum atomic E-state index is -0.480. The molecule has 17 heavy (non-hydrogen) atoms. The molecule has 96 valence electrons. The molecule has 0 amide bonds. The van der Waals surface area contributed by atoms with E-state index in [1.54, 1.807) is 0 Å². The highest BCUT2D eigenvalue weighted by molar-refractivity contribution is 5.15. The summed E-state index contributed by atoms with van der Waals surface area (Å²) in [5, 5.41) is 20.1. The SMILES string of the molecule is CC(C)CC(O)C(C)C(O)Cc1ccccc1. The molecule has 0 heterocycles. The van der Waals surface area contributed by atoms with Crippen LogP contribution in [0, 0.1) is 11.8 Å². The average Bonchev–Trinajstić information content (AvgIpc) is 2.28. The Bertz CT molecular complexity index is 308. The Morgan fingerprint density at radius 1 is 0.941 bits per heavy atom. The molecule has 0 saturated carbocycles. The van der Waals surface area contributed by atoms with Crippen molar-refractivity contribution in [2.24, 2.45) is 11.8 Å². The lowest BCUT2D eigenvalue weighted by atomic mass is 9.89. The molecule has 0 radical (unpaired) electrons. The number of hydrogen-bond donors (Lipinski definition) is 2. The van der Waals surface area contributed by atoms with Crippen molar-refractivity contribution in [3.8, 4) is 0 Å². The maximum absolute atomic E-state index is 10.1. The number of aliphatic hydroxyl groups excluding tert-OH is 2. The van der Waals surface area contributed by atoms with Gasteiger partial charge in [0.2, 0.25) is 0 Å². The summed E-state index contributed by atoms with van der Waals surface area (Å²) in [5.41, 5.74) is 1.11. The van der Waals surface area contributed by atoms with E-state index in [4.69, 9.17) is 0 Å². The van der Waals surface area contributed by atoms with Gasteiger partial charge in [0.15, 0.2) is 0 Å². The van der Waals surface area contributed by atoms with Gasteiger partial charge in [-0.2, -0.15) is 0 Å². The fourth-order valence-electron chi connectivity index (χ4n) is 2.00. The third-order valence-electron chi connectivity index (χ3n) is 3.21. The monoisotopic (exact) mass is 236 g/mol. The number of hydrogen-bond acceptors (Lipinski definition) is 2. The molecule has 0 bridgehead atoms. The molecule has 2 N–H and O–H groups in total. The van der Waals surface area contributed by atoms with Crippen LogP contribution >= 0.6 is 0 Å². The number of rotatable bonds is 6. The lowest BCUT2D eigenvalue weighted by Crippen LogP contribution is -2.31. The summed E-state index contributed by atoms with van der Waals surface area (Å²) in [4.78, 5) is 0. The van der Waals surface area contributed by atoms with Crippen LogP contribution in [0.15, 0.2) is 30.3 Å². The Hall–Kier alpha value is -0.860. The Kier molecular flexibility index (Phi) is 5.66. The van der Waals surface area contributed by atoms with Crippen molar-refractivity contribution in [1.82, 2.24) is 0 Å². The highest BCUT2D eigenvalue weighted by Crippen LogP contribution is 2.19. The fraction of sp³-hybridized carbons (Fsp3) is 0.600. The van der Waals surface area contributed by atoms with Gasteiger partial charge in [-0.05, 0) is 24.3 Å². The minimum absolute atomic E-state index is 0.0855. The predicted molar refractivity (Wildman–Crippen MR) is 70.8 cm³/mol. The quantitative estimate of drug-likeness (QED) is 0.797. The van der Waals surface area contributed by atoms with Crippen LogP contribution in [0.4, 0.5) is 0 Å². The lowest BCUT2D eigenvalue weighted by Gasteiger charge is -2.25. The van der Waals surface area contributed by atoms with Crippen molar-refractivity contribution in [2.45, 2.75) is 45.8 Å². The van der Waals surface area contributed by atoms with Gasteiger partial charge in [-0.15, -0.1) is 0 Å². The van der Waals surface area contributed by atoms with E-state index >= 15 is 0 Å². The van der Waals surface area contributed by atoms with Crippen molar-refractivity contribution in [1.29, 1.82) is 0 Å². The summed E-state index contributed by atoms with van der Waals surface area (Å²) in [6, 6.07) is 9.91. The first-order valence-corrected chi connectivity index (χ1v) is 6.40. The van der Waals surface area contributed by atoms with E-state index in [9.17, 15) is 10.2 Å². The second-order valence-electron chi connectivity index (χ2n) is 5.31. The highest BCUT2D eigenvalue weighted by atomic mass is 16.3. The Morgan fingerprint density at radius 2 is 1.53 bits per heavy atom. The molecule has 3 unspecified atom stereocenters. The molecule has 1 aromatic carbocycles. The van der Waals surface area contributed by atoms with Crippen LogP contribution in [-0.4, -0.2) is 22.4 Å². The first kappa shape index (κ1) is 14.2. The third-order valence-corrected chi connectivity index (χ3v) is 3.21. The fourth-order valence-corrected chi connectivity index (χ4v) is 2.00. The largest absolute Gasteiger partial charge is 0.393 e. The Labute approximate surface area is 104 Å². The Morgan fingerprint density at radius 3 is 2.06 bits per heavy atom. The van der Waals surface area contributed by atoms with E-state index in [2.05, 4.69) is 13.8 Å². The standard InChI is InChI=1S/C15H24O2/c1-11(2)9-14(16)12(3)15(17)10-13-7-5-4-6-8-13/h4-8,11-12,14-17H,9-10H2,1-3H3. The van der Waals surface area contributed by atoms with Gasteiger partial charge in [0.05, 0.1) is 12.2 Å². The van der Waals surface area contributed by atoms with Crippen molar-refractivity contribution in [3.05, 3.63) is 35.9 Å². The molecule has 0 aliphatic rings. The van der Waals surface area contributed by atoms with Crippen molar-refractivity contribution >= 4 is 0 Å². The van der Waals surface area contributed by atoms with Gasteiger partial charge < -0.3 is 10.2 Å². The van der Waals surface area contributed by atoms with Gasteiger partial charge in [0.25, 0.3) is 0 Å². The first-order valence-electron chi connectivity index (χ1n) is 6.40. The maximum atomic E-state index is 10.1. The van der Waals surface area contributed by atoms with Gasteiger partial charge in [-0.1, -0.05) is 51.1 Å². The molecule has 0 aliphatic carbocycles. The van der Waals surface area contributed by atoms with E-state index in [1.807, 2.05) is 37.3 Å². The van der Waals surface area contributed by atoms with Gasteiger partial charge in [-0.3, -0.25) is 0 Å². The van der Waals surface area contributed by atoms with Gasteiger partial charge >= 0.3 is 0 Å². The molecular weight excluding hydrogens is 212 g/mol. The summed E-state index contributed by atoms with van der Waals surface area (Å²) in [6.07, 6.45) is 0.448. The molecule has 0 saturated heterocycles. The molecule has 0 aliphatic heterocycles. The van der Waals surface area contributed by atoms with E-state index in [-0.39, 0.29) is 5.92 Å². The van der Waals surface area contributed by atoms with E-state index < -0.39 is 12.2 Å². The van der Waals surface area contributed by atoms with Crippen LogP contribution in [0.25, 0.3) is 0 Å². The number of aliphatic hydroxyl groups is 2. The molecule has 1 rings (SSSR count). The van der Waals surface area contributed by atoms with Crippen molar-refractivity contribution in [2.75, 3.05) is 0 Å². The van der Waals surface area contributed by atoms with Crippen LogP contribution < -0.4 is 0 Å². The van der Waals surface area contributed by atoms with Crippen molar-refractivity contribution < 1.29 is 10.2 Å². The lowest BCUT2D eigenvalue weighted by molar-refractivity contribution is 0.0122. The molecule has 3 atom stereocenters. The second kappa shape index (κ2) is 6.77. The highest BCUT2D eigenvalue weighted by Gasteiger charge is 2.23. The van der Waals surface area contributed by atoms with Crippen LogP contribution in [-0.2, 0) is 6.42 Å². The van der Waals surface area contributed by atoms with E-state index in [0.717, 1.165) is 12.0 Å². The summed E-state index contributed by atoms with van der Waals surface area (Å²) in [7, 11) is 0. The van der Waals surface area contributed by atoms with Crippen LogP contribution in [0.1, 0.15) is 32.8 Å². The molecular formula is C15H24O2. The Balaban J connectivity index is 2.49. The topological polar surface area (TPSA) is 40.5 Å². The molecule has 1 aromatic rings. The second-order valence-corrected chi connectivity index (χ2v) is 5.31. The van der Waals surface area contributed by atoms with Gasteiger partial charge in [0, 0.05) is 5.92 Å². The van der Waals surface area contributed by atoms with E-state index in [1.165, 1.54) is 0 Å². The first-order chi connectivity index (χ1) is 8.00. The zero-order chi connectivity index (χ0) is 12.8. The minimum Gasteiger partial charge on any atom is -0.393 e. The van der Waals surface area contributed by atoms with Crippen molar-refractivity contribution in [3.63, 3.8) is 0 Å². The molecule has 0 aromatic heterocycles. The zero-order valence-electron chi connectivity index (χ0n) is 11.0. The third kappa shape index (κ3) is 4.88. The predicted octanol–water partition coefficient (Wildman–Crippen LogP) is 2.63. The number of benzene rings is 1. The zero-order valence-corrected chi connectivity index (χ0v) is 11.0. The van der Waals surface area contributed by atoms with Crippen LogP contribution in [0.3, 0.4) is 0 Å². The van der Waals surface area contributed by atoms with E-state index in [0.29, 0.717) is 12.3 Å². The van der Waals surface area contributed by atoms with Gasteiger partial charge in [0.1, 0.15) is 0 Å². The summed E-state index contributed by atoms with van der Waals surface area (Å²) >= 11 is 0. The van der Waals surface area contributed by atoms with Crippen LogP contribution in [0.5, 0.6) is 0 Å². The molecule has 2 heteroatoms. The smallest absolute Gasteiger partial charge is 0.0630 e.